The standard InChI is InChI=1S/C25H26BNO2/c1-24(2)17-28-26(29-25(24,3)4)18-14-15-23-21(16-18)20-12-8-9-13-22(20)27(23)19-10-6-5-7-11-19/h5-16H,17H2,1-4H3. The lowest BCUT2D eigenvalue weighted by Gasteiger charge is -2.47. The average Bonchev–Trinajstić information content (AvgIpc) is 3.04. The molecule has 4 heteroatoms. The van der Waals surface area contributed by atoms with Gasteiger partial charge in [0, 0.05) is 28.5 Å². The second-order valence-corrected chi connectivity index (χ2v) is 9.12. The molecule has 0 amide bonds. The van der Waals surface area contributed by atoms with Crippen molar-refractivity contribution in [1.82, 2.24) is 4.57 Å². The molecule has 29 heavy (non-hydrogen) atoms. The first kappa shape index (κ1) is 18.5. The summed E-state index contributed by atoms with van der Waals surface area (Å²) in [6, 6.07) is 25.6. The molecule has 1 aliphatic rings. The molecule has 0 radical (unpaired) electrons. The minimum Gasteiger partial charge on any atom is -0.407 e. The lowest BCUT2D eigenvalue weighted by Crippen LogP contribution is -2.58. The fourth-order valence-electron chi connectivity index (χ4n) is 4.08. The van der Waals surface area contributed by atoms with Crippen LogP contribution in [0, 0.1) is 5.41 Å². The van der Waals surface area contributed by atoms with Gasteiger partial charge >= 0.3 is 7.12 Å². The normalized spacial score (nSPS) is 18.4. The molecule has 0 atom stereocenters. The van der Waals surface area contributed by atoms with Gasteiger partial charge in [-0.05, 0) is 43.6 Å². The zero-order valence-corrected chi connectivity index (χ0v) is 17.5. The molecule has 5 rings (SSSR count). The van der Waals surface area contributed by atoms with Crippen molar-refractivity contribution in [3.63, 3.8) is 0 Å². The van der Waals surface area contributed by atoms with Crippen LogP contribution in [0.3, 0.4) is 0 Å². The van der Waals surface area contributed by atoms with Crippen LogP contribution in [0.25, 0.3) is 27.5 Å². The number of hydrogen-bond donors (Lipinski definition) is 0. The van der Waals surface area contributed by atoms with Crippen molar-refractivity contribution in [2.24, 2.45) is 5.41 Å². The quantitative estimate of drug-likeness (QED) is 0.437. The van der Waals surface area contributed by atoms with Crippen molar-refractivity contribution < 1.29 is 9.31 Å². The summed E-state index contributed by atoms with van der Waals surface area (Å²) in [6.45, 7) is 9.37. The average molecular weight is 383 g/mol. The number of nitrogens with zero attached hydrogens (tertiary/aromatic N) is 1. The van der Waals surface area contributed by atoms with Gasteiger partial charge in [0.15, 0.2) is 0 Å². The van der Waals surface area contributed by atoms with Crippen molar-refractivity contribution in [1.29, 1.82) is 0 Å². The van der Waals surface area contributed by atoms with Crippen LogP contribution in [0.1, 0.15) is 27.7 Å². The van der Waals surface area contributed by atoms with Crippen molar-refractivity contribution in [2.75, 3.05) is 6.61 Å². The second-order valence-electron chi connectivity index (χ2n) is 9.12. The highest BCUT2D eigenvalue weighted by molar-refractivity contribution is 6.62. The van der Waals surface area contributed by atoms with Gasteiger partial charge in [0.25, 0.3) is 0 Å². The Kier molecular flexibility index (Phi) is 4.13. The van der Waals surface area contributed by atoms with E-state index in [4.69, 9.17) is 9.31 Å². The van der Waals surface area contributed by atoms with Crippen molar-refractivity contribution >= 4 is 34.4 Å². The molecule has 2 heterocycles. The van der Waals surface area contributed by atoms with Gasteiger partial charge in [0.1, 0.15) is 0 Å². The summed E-state index contributed by atoms with van der Waals surface area (Å²) in [7, 11) is -0.346. The highest BCUT2D eigenvalue weighted by atomic mass is 16.6. The Labute approximate surface area is 172 Å². The van der Waals surface area contributed by atoms with Gasteiger partial charge in [-0.1, -0.05) is 62.4 Å². The third-order valence-electron chi connectivity index (χ3n) is 6.61. The zero-order valence-electron chi connectivity index (χ0n) is 17.5. The molecule has 3 aromatic carbocycles. The Hall–Kier alpha value is -2.56. The van der Waals surface area contributed by atoms with Crippen LogP contribution in [-0.2, 0) is 9.31 Å². The molecule has 1 aromatic heterocycles. The Morgan fingerprint density at radius 2 is 1.48 bits per heavy atom. The number of aromatic nitrogens is 1. The van der Waals surface area contributed by atoms with Crippen LogP contribution in [0.5, 0.6) is 0 Å². The SMILES string of the molecule is CC1(C)COB(c2ccc3c(c2)c2ccccc2n3-c2ccccc2)OC1(C)C. The van der Waals surface area contributed by atoms with E-state index < -0.39 is 0 Å². The predicted molar refractivity (Wildman–Crippen MR) is 121 cm³/mol. The van der Waals surface area contributed by atoms with E-state index in [1.807, 2.05) is 0 Å². The number of benzene rings is 3. The maximum atomic E-state index is 6.40. The van der Waals surface area contributed by atoms with E-state index in [1.54, 1.807) is 0 Å². The van der Waals surface area contributed by atoms with Crippen LogP contribution < -0.4 is 5.46 Å². The lowest BCUT2D eigenvalue weighted by atomic mass is 9.69. The predicted octanol–water partition coefficient (Wildman–Crippen LogP) is 5.33. The van der Waals surface area contributed by atoms with E-state index >= 15 is 0 Å². The van der Waals surface area contributed by atoms with E-state index in [2.05, 4.69) is 105 Å². The Morgan fingerprint density at radius 3 is 2.24 bits per heavy atom. The summed E-state index contributed by atoms with van der Waals surface area (Å²) in [4.78, 5) is 0. The monoisotopic (exact) mass is 383 g/mol. The molecule has 0 aliphatic carbocycles. The summed E-state index contributed by atoms with van der Waals surface area (Å²) >= 11 is 0. The molecule has 0 bridgehead atoms. The van der Waals surface area contributed by atoms with E-state index in [0.29, 0.717) is 6.61 Å². The molecular weight excluding hydrogens is 357 g/mol. The van der Waals surface area contributed by atoms with Gasteiger partial charge < -0.3 is 13.9 Å². The van der Waals surface area contributed by atoms with Gasteiger partial charge in [-0.25, -0.2) is 0 Å². The first-order chi connectivity index (χ1) is 13.9. The molecule has 4 aromatic rings. The molecule has 1 fully saturated rings. The highest BCUT2D eigenvalue weighted by Gasteiger charge is 2.46. The fraction of sp³-hybridized carbons (Fsp3) is 0.280. The highest BCUT2D eigenvalue weighted by Crippen LogP contribution is 2.38. The third kappa shape index (κ3) is 2.90. The number of para-hydroxylation sites is 2. The molecule has 0 N–H and O–H groups in total. The van der Waals surface area contributed by atoms with Crippen molar-refractivity contribution in [3.8, 4) is 5.69 Å². The molecule has 1 aliphatic heterocycles. The van der Waals surface area contributed by atoms with Crippen molar-refractivity contribution in [3.05, 3.63) is 72.8 Å². The topological polar surface area (TPSA) is 23.4 Å². The molecule has 3 nitrogen and oxygen atoms in total. The molecule has 0 spiro atoms. The zero-order chi connectivity index (χ0) is 20.2. The van der Waals surface area contributed by atoms with Gasteiger partial charge in [-0.2, -0.15) is 0 Å². The Morgan fingerprint density at radius 1 is 0.793 bits per heavy atom. The largest absolute Gasteiger partial charge is 0.494 e. The summed E-state index contributed by atoms with van der Waals surface area (Å²) in [6.07, 6.45) is 0. The van der Waals surface area contributed by atoms with Gasteiger partial charge in [0.2, 0.25) is 0 Å². The van der Waals surface area contributed by atoms with Gasteiger partial charge in [-0.15, -0.1) is 0 Å². The molecule has 146 valence electrons. The van der Waals surface area contributed by atoms with Crippen LogP contribution in [-0.4, -0.2) is 23.9 Å². The number of rotatable bonds is 2. The minimum absolute atomic E-state index is 0.0308. The van der Waals surface area contributed by atoms with E-state index in [-0.39, 0.29) is 18.1 Å². The number of fused-ring (bicyclic) bond motifs is 3. The summed E-state index contributed by atoms with van der Waals surface area (Å²) in [5.74, 6) is 0. The Balaban J connectivity index is 1.66. The van der Waals surface area contributed by atoms with Crippen LogP contribution in [0.4, 0.5) is 0 Å². The third-order valence-corrected chi connectivity index (χ3v) is 6.61. The summed E-state index contributed by atoms with van der Waals surface area (Å²) < 4.78 is 14.9. The van der Waals surface area contributed by atoms with Crippen LogP contribution >= 0.6 is 0 Å². The first-order valence-electron chi connectivity index (χ1n) is 10.3. The van der Waals surface area contributed by atoms with Gasteiger partial charge in [-0.3, -0.25) is 0 Å². The van der Waals surface area contributed by atoms with E-state index in [0.717, 1.165) is 5.46 Å². The number of hydrogen-bond acceptors (Lipinski definition) is 2. The molecule has 0 saturated carbocycles. The maximum Gasteiger partial charge on any atom is 0.494 e. The van der Waals surface area contributed by atoms with Crippen molar-refractivity contribution in [2.45, 2.75) is 33.3 Å². The van der Waals surface area contributed by atoms with Crippen LogP contribution in [0.15, 0.2) is 72.8 Å². The van der Waals surface area contributed by atoms with E-state index in [1.165, 1.54) is 27.5 Å². The minimum atomic E-state index is -0.346. The molecule has 0 unspecified atom stereocenters. The fourth-order valence-corrected chi connectivity index (χ4v) is 4.08. The Bertz CT molecular complexity index is 1190. The smallest absolute Gasteiger partial charge is 0.407 e. The summed E-state index contributed by atoms with van der Waals surface area (Å²) in [5, 5.41) is 2.46. The van der Waals surface area contributed by atoms with Gasteiger partial charge in [0.05, 0.1) is 16.6 Å². The first-order valence-corrected chi connectivity index (χ1v) is 10.3. The maximum absolute atomic E-state index is 6.40. The summed E-state index contributed by atoms with van der Waals surface area (Å²) in [5.41, 5.74) is 4.34. The molecular formula is C25H26BNO2. The van der Waals surface area contributed by atoms with Crippen LogP contribution in [0.2, 0.25) is 0 Å². The second kappa shape index (κ2) is 6.48. The lowest BCUT2D eigenvalue weighted by molar-refractivity contribution is -0.0937. The molecule has 1 saturated heterocycles. The van der Waals surface area contributed by atoms with E-state index in [9.17, 15) is 0 Å².